The van der Waals surface area contributed by atoms with Crippen LogP contribution < -0.4 is 0 Å². The van der Waals surface area contributed by atoms with Crippen LogP contribution in [0.25, 0.3) is 22.2 Å². The number of benzene rings is 3. The number of nitro groups is 1. The maximum atomic E-state index is 14.6. The number of fused-ring (bicyclic) bond motifs is 1. The van der Waals surface area contributed by atoms with Crippen molar-refractivity contribution in [3.8, 4) is 11.3 Å². The van der Waals surface area contributed by atoms with Crippen LogP contribution in [0, 0.1) is 15.9 Å². The molecule has 0 saturated heterocycles. The first-order chi connectivity index (χ1) is 13.1. The minimum Gasteiger partial charge on any atom is -0.354 e. The molecular formula is C22H17FN2O2. The van der Waals surface area contributed by atoms with Gasteiger partial charge in [0.15, 0.2) is 0 Å². The fourth-order valence-electron chi connectivity index (χ4n) is 3.60. The molecule has 27 heavy (non-hydrogen) atoms. The number of halogens is 1. The van der Waals surface area contributed by atoms with Crippen molar-refractivity contribution in [2.75, 3.05) is 6.54 Å². The minimum atomic E-state index is -0.494. The van der Waals surface area contributed by atoms with E-state index in [0.29, 0.717) is 11.3 Å². The monoisotopic (exact) mass is 360 g/mol. The number of hydrogen-bond acceptors (Lipinski definition) is 2. The molecule has 0 amide bonds. The Bertz CT molecular complexity index is 1110. The fourth-order valence-corrected chi connectivity index (χ4v) is 3.60. The van der Waals surface area contributed by atoms with Crippen molar-refractivity contribution in [1.82, 2.24) is 4.98 Å². The molecular weight excluding hydrogens is 343 g/mol. The van der Waals surface area contributed by atoms with Gasteiger partial charge in [-0.25, -0.2) is 4.39 Å². The molecule has 0 aliphatic heterocycles. The molecule has 4 rings (SSSR count). The molecule has 0 aliphatic carbocycles. The molecule has 0 fully saturated rings. The summed E-state index contributed by atoms with van der Waals surface area (Å²) < 4.78 is 14.6. The van der Waals surface area contributed by atoms with Gasteiger partial charge in [-0.15, -0.1) is 0 Å². The minimum absolute atomic E-state index is 0.271. The summed E-state index contributed by atoms with van der Waals surface area (Å²) >= 11 is 0. The molecule has 1 unspecified atom stereocenters. The second-order valence-corrected chi connectivity index (χ2v) is 6.42. The second-order valence-electron chi connectivity index (χ2n) is 6.42. The predicted octanol–water partition coefficient (Wildman–Crippen LogP) is 5.38. The number of para-hydroxylation sites is 1. The summed E-state index contributed by atoms with van der Waals surface area (Å²) in [5, 5.41) is 12.3. The molecule has 1 heterocycles. The second kappa shape index (κ2) is 7.03. The Hall–Kier alpha value is -3.47. The molecule has 4 aromatic rings. The van der Waals surface area contributed by atoms with Crippen molar-refractivity contribution < 1.29 is 9.31 Å². The van der Waals surface area contributed by atoms with Crippen molar-refractivity contribution in [1.29, 1.82) is 0 Å². The Kier molecular flexibility index (Phi) is 4.42. The maximum absolute atomic E-state index is 14.6. The van der Waals surface area contributed by atoms with Crippen molar-refractivity contribution in [3.05, 3.63) is 106 Å². The maximum Gasteiger partial charge on any atom is 0.214 e. The standard InChI is InChI=1S/C22H17FN2O2/c23-19-12-6-4-10-16(19)22-21(17-11-5-7-13-20(17)24-22)18(14-25(26)27)15-8-2-1-3-9-15/h1-13,18,24H,14H2. The van der Waals surface area contributed by atoms with Crippen LogP contribution in [0.2, 0.25) is 0 Å². The smallest absolute Gasteiger partial charge is 0.214 e. The van der Waals surface area contributed by atoms with E-state index < -0.39 is 5.92 Å². The van der Waals surface area contributed by atoms with E-state index in [9.17, 15) is 14.5 Å². The van der Waals surface area contributed by atoms with Gasteiger partial charge in [0.25, 0.3) is 0 Å². The quantitative estimate of drug-likeness (QED) is 0.383. The fraction of sp³-hybridized carbons (Fsp3) is 0.0909. The first-order valence-electron chi connectivity index (χ1n) is 8.67. The Morgan fingerprint density at radius 2 is 1.59 bits per heavy atom. The highest BCUT2D eigenvalue weighted by Crippen LogP contribution is 2.39. The van der Waals surface area contributed by atoms with E-state index in [4.69, 9.17) is 0 Å². The van der Waals surface area contributed by atoms with Gasteiger partial charge in [-0.05, 0) is 29.3 Å². The van der Waals surface area contributed by atoms with E-state index in [2.05, 4.69) is 4.98 Å². The average molecular weight is 360 g/mol. The summed E-state index contributed by atoms with van der Waals surface area (Å²) in [5.41, 5.74) is 3.41. The molecule has 4 nitrogen and oxygen atoms in total. The molecule has 0 saturated carbocycles. The highest BCUT2D eigenvalue weighted by atomic mass is 19.1. The van der Waals surface area contributed by atoms with Crippen molar-refractivity contribution in [2.45, 2.75) is 5.92 Å². The van der Waals surface area contributed by atoms with E-state index in [1.807, 2.05) is 54.6 Å². The number of hydrogen-bond donors (Lipinski definition) is 1. The average Bonchev–Trinajstić information content (AvgIpc) is 3.06. The van der Waals surface area contributed by atoms with Crippen molar-refractivity contribution >= 4 is 10.9 Å². The van der Waals surface area contributed by atoms with Crippen LogP contribution in [0.3, 0.4) is 0 Å². The molecule has 0 aliphatic rings. The first kappa shape index (κ1) is 17.0. The van der Waals surface area contributed by atoms with E-state index in [1.54, 1.807) is 18.2 Å². The zero-order chi connectivity index (χ0) is 18.8. The number of nitrogens with one attached hydrogen (secondary N) is 1. The van der Waals surface area contributed by atoms with Crippen LogP contribution in [-0.4, -0.2) is 16.5 Å². The molecule has 1 N–H and O–H groups in total. The zero-order valence-corrected chi connectivity index (χ0v) is 14.4. The first-order valence-corrected chi connectivity index (χ1v) is 8.67. The van der Waals surface area contributed by atoms with Crippen molar-refractivity contribution in [2.24, 2.45) is 0 Å². The number of aromatic nitrogens is 1. The molecule has 0 spiro atoms. The van der Waals surface area contributed by atoms with Crippen molar-refractivity contribution in [3.63, 3.8) is 0 Å². The third kappa shape index (κ3) is 3.19. The highest BCUT2D eigenvalue weighted by molar-refractivity contribution is 5.92. The summed E-state index contributed by atoms with van der Waals surface area (Å²) in [6, 6.07) is 23.4. The van der Waals surface area contributed by atoms with Gasteiger partial charge < -0.3 is 4.98 Å². The van der Waals surface area contributed by atoms with Crippen LogP contribution in [0.1, 0.15) is 17.0 Å². The van der Waals surface area contributed by atoms with Gasteiger partial charge in [-0.2, -0.15) is 0 Å². The zero-order valence-electron chi connectivity index (χ0n) is 14.4. The summed E-state index contributed by atoms with van der Waals surface area (Å²) in [6.45, 7) is -0.271. The number of aromatic amines is 1. The van der Waals surface area contributed by atoms with Gasteiger partial charge in [0.05, 0.1) is 11.6 Å². The molecule has 0 bridgehead atoms. The number of nitrogens with zero attached hydrogens (tertiary/aromatic N) is 1. The van der Waals surface area contributed by atoms with Crippen LogP contribution in [0.15, 0.2) is 78.9 Å². The summed E-state index contributed by atoms with van der Waals surface area (Å²) in [4.78, 5) is 14.4. The lowest BCUT2D eigenvalue weighted by atomic mass is 9.87. The largest absolute Gasteiger partial charge is 0.354 e. The van der Waals surface area contributed by atoms with E-state index in [-0.39, 0.29) is 17.3 Å². The van der Waals surface area contributed by atoms with Gasteiger partial charge >= 0.3 is 0 Å². The van der Waals surface area contributed by atoms with Crippen LogP contribution in [-0.2, 0) is 0 Å². The number of rotatable bonds is 5. The summed E-state index contributed by atoms with van der Waals surface area (Å²) in [6.07, 6.45) is 0. The van der Waals surface area contributed by atoms with Gasteiger partial charge in [-0.1, -0.05) is 60.7 Å². The number of H-pyrrole nitrogens is 1. The van der Waals surface area contributed by atoms with E-state index >= 15 is 0 Å². The normalized spacial score (nSPS) is 12.2. The van der Waals surface area contributed by atoms with Gasteiger partial charge in [0.1, 0.15) is 5.82 Å². The van der Waals surface area contributed by atoms with Gasteiger partial charge in [-0.3, -0.25) is 10.1 Å². The molecule has 134 valence electrons. The third-order valence-electron chi connectivity index (χ3n) is 4.77. The topological polar surface area (TPSA) is 58.9 Å². The Labute approximate surface area is 155 Å². The van der Waals surface area contributed by atoms with E-state index in [0.717, 1.165) is 22.0 Å². The van der Waals surface area contributed by atoms with E-state index in [1.165, 1.54) is 6.07 Å². The molecule has 1 atom stereocenters. The Balaban J connectivity index is 2.02. The Morgan fingerprint density at radius 3 is 2.33 bits per heavy atom. The lowest BCUT2D eigenvalue weighted by Gasteiger charge is -2.16. The highest BCUT2D eigenvalue weighted by Gasteiger charge is 2.28. The summed E-state index contributed by atoms with van der Waals surface area (Å²) in [7, 11) is 0. The van der Waals surface area contributed by atoms with Crippen LogP contribution >= 0.6 is 0 Å². The molecule has 1 aromatic heterocycles. The Morgan fingerprint density at radius 1 is 0.926 bits per heavy atom. The van der Waals surface area contributed by atoms with Crippen LogP contribution in [0.4, 0.5) is 4.39 Å². The lowest BCUT2D eigenvalue weighted by Crippen LogP contribution is -2.14. The lowest BCUT2D eigenvalue weighted by molar-refractivity contribution is -0.481. The SMILES string of the molecule is O=[N+]([O-])CC(c1ccccc1)c1c(-c2ccccc2F)[nH]c2ccccc12. The molecule has 5 heteroatoms. The molecule has 0 radical (unpaired) electrons. The van der Waals surface area contributed by atoms with Gasteiger partial charge in [0, 0.05) is 21.4 Å². The van der Waals surface area contributed by atoms with Gasteiger partial charge in [0.2, 0.25) is 6.54 Å². The molecule has 3 aromatic carbocycles. The van der Waals surface area contributed by atoms with Crippen LogP contribution in [0.5, 0.6) is 0 Å². The predicted molar refractivity (Wildman–Crippen MR) is 104 cm³/mol. The third-order valence-corrected chi connectivity index (χ3v) is 4.77. The summed E-state index contributed by atoms with van der Waals surface area (Å²) in [5.74, 6) is -0.856.